The Morgan fingerprint density at radius 2 is 1.86 bits per heavy atom. The topological polar surface area (TPSA) is 47.8 Å². The molecule has 0 radical (unpaired) electrons. The van der Waals surface area contributed by atoms with Crippen molar-refractivity contribution in [3.8, 4) is 0 Å². The lowest BCUT2D eigenvalue weighted by Crippen LogP contribution is -2.24. The fraction of sp³-hybridized carbons (Fsp3) is 0.227. The molecule has 0 unspecified atom stereocenters. The summed E-state index contributed by atoms with van der Waals surface area (Å²) in [7, 11) is 0. The molecule has 0 fully saturated rings. The van der Waals surface area contributed by atoms with Crippen molar-refractivity contribution < 1.29 is 4.39 Å². The lowest BCUT2D eigenvalue weighted by molar-refractivity contribution is 0.622. The molecular formula is C22H20FN3OS2. The summed E-state index contributed by atoms with van der Waals surface area (Å²) in [6.07, 6.45) is 0. The highest BCUT2D eigenvalue weighted by atomic mass is 32.2. The minimum atomic E-state index is -0.295. The van der Waals surface area contributed by atoms with E-state index in [4.69, 9.17) is 4.98 Å². The first kappa shape index (κ1) is 19.8. The van der Waals surface area contributed by atoms with Crippen LogP contribution in [0.4, 0.5) is 4.39 Å². The molecule has 0 atom stereocenters. The Kier molecular flexibility index (Phi) is 5.78. The van der Waals surface area contributed by atoms with E-state index < -0.39 is 0 Å². The number of para-hydroxylation sites is 1. The SMILES string of the molecule is CC(C)c1nc(CSc2nc3ccccc3c(=O)n2Cc2ccc(F)cc2)cs1. The van der Waals surface area contributed by atoms with Crippen molar-refractivity contribution in [2.75, 3.05) is 0 Å². The molecule has 4 aromatic rings. The number of thiazole rings is 1. The second kappa shape index (κ2) is 8.47. The molecule has 4 rings (SSSR count). The van der Waals surface area contributed by atoms with Gasteiger partial charge < -0.3 is 0 Å². The van der Waals surface area contributed by atoms with Crippen LogP contribution in [0.2, 0.25) is 0 Å². The first-order chi connectivity index (χ1) is 14.0. The van der Waals surface area contributed by atoms with Crippen LogP contribution in [0.25, 0.3) is 10.9 Å². The van der Waals surface area contributed by atoms with E-state index in [-0.39, 0.29) is 11.4 Å². The molecule has 0 saturated carbocycles. The van der Waals surface area contributed by atoms with E-state index in [1.165, 1.54) is 23.9 Å². The Balaban J connectivity index is 1.70. The Morgan fingerprint density at radius 1 is 1.10 bits per heavy atom. The lowest BCUT2D eigenvalue weighted by Gasteiger charge is -2.13. The van der Waals surface area contributed by atoms with Gasteiger partial charge in [-0.15, -0.1) is 11.3 Å². The van der Waals surface area contributed by atoms with E-state index in [2.05, 4.69) is 24.2 Å². The van der Waals surface area contributed by atoms with Crippen molar-refractivity contribution in [2.24, 2.45) is 0 Å². The van der Waals surface area contributed by atoms with Crippen molar-refractivity contribution in [3.63, 3.8) is 0 Å². The third kappa shape index (κ3) is 4.41. The molecule has 0 aliphatic rings. The normalized spacial score (nSPS) is 11.4. The van der Waals surface area contributed by atoms with Crippen LogP contribution in [0.15, 0.2) is 63.9 Å². The van der Waals surface area contributed by atoms with Gasteiger partial charge in [-0.1, -0.05) is 49.9 Å². The fourth-order valence-corrected chi connectivity index (χ4v) is 4.79. The molecular weight excluding hydrogens is 405 g/mol. The van der Waals surface area contributed by atoms with Gasteiger partial charge in [0.25, 0.3) is 5.56 Å². The zero-order valence-corrected chi connectivity index (χ0v) is 17.8. The van der Waals surface area contributed by atoms with Gasteiger partial charge in [-0.2, -0.15) is 0 Å². The quantitative estimate of drug-likeness (QED) is 0.304. The summed E-state index contributed by atoms with van der Waals surface area (Å²) in [5.41, 5.74) is 2.42. The Labute approximate surface area is 176 Å². The number of benzene rings is 2. The Morgan fingerprint density at radius 3 is 2.59 bits per heavy atom. The van der Waals surface area contributed by atoms with Gasteiger partial charge in [-0.3, -0.25) is 9.36 Å². The first-order valence-electron chi connectivity index (χ1n) is 9.32. The van der Waals surface area contributed by atoms with Crippen molar-refractivity contribution in [1.29, 1.82) is 0 Å². The van der Waals surface area contributed by atoms with Gasteiger partial charge in [-0.25, -0.2) is 14.4 Å². The third-order valence-electron chi connectivity index (χ3n) is 4.49. The summed E-state index contributed by atoms with van der Waals surface area (Å²) in [5, 5.41) is 4.38. The van der Waals surface area contributed by atoms with Gasteiger partial charge in [0.2, 0.25) is 0 Å². The van der Waals surface area contributed by atoms with Crippen molar-refractivity contribution in [3.05, 3.63) is 86.3 Å². The van der Waals surface area contributed by atoms with Crippen LogP contribution >= 0.6 is 23.1 Å². The monoisotopic (exact) mass is 425 g/mol. The third-order valence-corrected chi connectivity index (χ3v) is 6.70. The summed E-state index contributed by atoms with van der Waals surface area (Å²) in [5.74, 6) is 0.739. The highest BCUT2D eigenvalue weighted by molar-refractivity contribution is 7.98. The number of halogens is 1. The minimum Gasteiger partial charge on any atom is -0.283 e. The summed E-state index contributed by atoms with van der Waals surface area (Å²) >= 11 is 3.16. The first-order valence-corrected chi connectivity index (χ1v) is 11.2. The molecule has 2 aromatic heterocycles. The van der Waals surface area contributed by atoms with Crippen molar-refractivity contribution in [1.82, 2.24) is 14.5 Å². The molecule has 29 heavy (non-hydrogen) atoms. The van der Waals surface area contributed by atoms with Crippen LogP contribution in [0, 0.1) is 5.82 Å². The van der Waals surface area contributed by atoms with Gasteiger partial charge in [0.15, 0.2) is 5.16 Å². The largest absolute Gasteiger partial charge is 0.283 e. The van der Waals surface area contributed by atoms with Crippen LogP contribution in [-0.4, -0.2) is 14.5 Å². The van der Waals surface area contributed by atoms with E-state index >= 15 is 0 Å². The van der Waals surface area contributed by atoms with Gasteiger partial charge in [-0.05, 0) is 29.8 Å². The highest BCUT2D eigenvalue weighted by Gasteiger charge is 2.14. The number of rotatable bonds is 6. The van der Waals surface area contributed by atoms with Gasteiger partial charge in [0, 0.05) is 17.1 Å². The number of thioether (sulfide) groups is 1. The molecule has 0 aliphatic heterocycles. The molecule has 0 bridgehead atoms. The van der Waals surface area contributed by atoms with Gasteiger partial charge in [0.1, 0.15) is 5.82 Å². The molecule has 0 N–H and O–H groups in total. The second-order valence-electron chi connectivity index (χ2n) is 7.05. The van der Waals surface area contributed by atoms with E-state index in [1.807, 2.05) is 18.2 Å². The average molecular weight is 426 g/mol. The molecule has 148 valence electrons. The summed E-state index contributed by atoms with van der Waals surface area (Å²) < 4.78 is 14.9. The molecule has 2 heterocycles. The maximum Gasteiger partial charge on any atom is 0.262 e. The molecule has 0 saturated heterocycles. The minimum absolute atomic E-state index is 0.0939. The summed E-state index contributed by atoms with van der Waals surface area (Å²) in [4.78, 5) is 22.6. The Hall–Kier alpha value is -2.51. The molecule has 0 spiro atoms. The van der Waals surface area contributed by atoms with E-state index in [0.717, 1.165) is 16.3 Å². The number of nitrogens with zero attached hydrogens (tertiary/aromatic N) is 3. The number of hydrogen-bond acceptors (Lipinski definition) is 5. The van der Waals surface area contributed by atoms with Crippen LogP contribution in [0.1, 0.15) is 36.0 Å². The number of hydrogen-bond donors (Lipinski definition) is 0. The highest BCUT2D eigenvalue weighted by Crippen LogP contribution is 2.26. The van der Waals surface area contributed by atoms with Gasteiger partial charge >= 0.3 is 0 Å². The molecule has 0 aliphatic carbocycles. The van der Waals surface area contributed by atoms with E-state index in [9.17, 15) is 9.18 Å². The fourth-order valence-electron chi connectivity index (χ4n) is 2.96. The smallest absolute Gasteiger partial charge is 0.262 e. The molecule has 4 nitrogen and oxygen atoms in total. The summed E-state index contributed by atoms with van der Waals surface area (Å²) in [6.45, 7) is 4.59. The maximum absolute atomic E-state index is 13.3. The van der Waals surface area contributed by atoms with Crippen LogP contribution < -0.4 is 5.56 Å². The Bertz CT molecular complexity index is 1200. The predicted octanol–water partition coefficient (Wildman–Crippen LogP) is 5.46. The standard InChI is InChI=1S/C22H20FN3OS2/c1-14(2)20-24-17(12-28-20)13-29-22-25-19-6-4-3-5-18(19)21(27)26(22)11-15-7-9-16(23)10-8-15/h3-10,12,14H,11,13H2,1-2H3. The average Bonchev–Trinajstić information content (AvgIpc) is 3.20. The second-order valence-corrected chi connectivity index (χ2v) is 8.88. The zero-order chi connectivity index (χ0) is 20.4. The summed E-state index contributed by atoms with van der Waals surface area (Å²) in [6, 6.07) is 13.6. The van der Waals surface area contributed by atoms with Crippen LogP contribution in [0.3, 0.4) is 0 Å². The maximum atomic E-state index is 13.3. The van der Waals surface area contributed by atoms with Crippen LogP contribution in [-0.2, 0) is 12.3 Å². The molecule has 2 aromatic carbocycles. The number of aromatic nitrogens is 3. The molecule has 0 amide bonds. The van der Waals surface area contributed by atoms with Crippen molar-refractivity contribution in [2.45, 2.75) is 37.2 Å². The predicted molar refractivity (Wildman–Crippen MR) is 117 cm³/mol. The van der Waals surface area contributed by atoms with E-state index in [1.54, 1.807) is 34.1 Å². The van der Waals surface area contributed by atoms with Gasteiger partial charge in [0.05, 0.1) is 28.1 Å². The zero-order valence-electron chi connectivity index (χ0n) is 16.1. The molecule has 7 heteroatoms. The van der Waals surface area contributed by atoms with E-state index in [0.29, 0.717) is 34.3 Å². The van der Waals surface area contributed by atoms with Crippen molar-refractivity contribution >= 4 is 34.0 Å². The van der Waals surface area contributed by atoms with Crippen LogP contribution in [0.5, 0.6) is 0 Å². The number of fused-ring (bicyclic) bond motifs is 1. The lowest BCUT2D eigenvalue weighted by atomic mass is 10.2.